The van der Waals surface area contributed by atoms with E-state index in [1.165, 1.54) is 0 Å². The first-order valence-electron chi connectivity index (χ1n) is 7.80. The Labute approximate surface area is 141 Å². The number of sulfonamides is 1. The summed E-state index contributed by atoms with van der Waals surface area (Å²) in [7, 11) is -1.51. The molecule has 3 aromatic rings. The van der Waals surface area contributed by atoms with Crippen molar-refractivity contribution in [2.24, 2.45) is 7.05 Å². The van der Waals surface area contributed by atoms with Crippen LogP contribution in [0.4, 0.5) is 17.3 Å². The molecule has 0 aliphatic heterocycles. The Balaban J connectivity index is 1.80. The topological polar surface area (TPSA) is 105 Å². The second kappa shape index (κ2) is 6.36. The summed E-state index contributed by atoms with van der Waals surface area (Å²) < 4.78 is 35.5. The number of nitrogens with one attached hydrogen (secondary N) is 3. The van der Waals surface area contributed by atoms with Crippen molar-refractivity contribution in [1.82, 2.24) is 20.0 Å². The molecule has 0 fully saturated rings. The van der Waals surface area contributed by atoms with Gasteiger partial charge < -0.3 is 5.32 Å². The van der Waals surface area contributed by atoms with Crippen LogP contribution < -0.4 is 10.0 Å². The van der Waals surface area contributed by atoms with E-state index in [9.17, 15) is 8.42 Å². The Morgan fingerprint density at radius 3 is 2.67 bits per heavy atom. The number of rotatable bonds is 6. The second-order valence-corrected chi connectivity index (χ2v) is 7.17. The fourth-order valence-corrected chi connectivity index (χ4v) is 2.68. The number of aromatic nitrogens is 4. The SMILES string of the molecule is [2H]c1c(-c2ccc(NS(=O)(=O)CC)cc2)n[nH]c1Nc1ccn(C)n1. The molecule has 0 unspecified atom stereocenters. The molecule has 0 aliphatic carbocycles. The third kappa shape index (κ3) is 3.74. The first kappa shape index (κ1) is 14.8. The number of hydrogen-bond acceptors (Lipinski definition) is 5. The van der Waals surface area contributed by atoms with E-state index in [0.29, 0.717) is 28.6 Å². The van der Waals surface area contributed by atoms with Crippen LogP contribution in [-0.4, -0.2) is 34.1 Å². The van der Waals surface area contributed by atoms with Gasteiger partial charge in [-0.1, -0.05) is 12.1 Å². The summed E-state index contributed by atoms with van der Waals surface area (Å²) in [5.74, 6) is 1.05. The van der Waals surface area contributed by atoms with E-state index in [1.54, 1.807) is 55.2 Å². The molecule has 0 atom stereocenters. The number of aromatic amines is 1. The molecule has 24 heavy (non-hydrogen) atoms. The van der Waals surface area contributed by atoms with Gasteiger partial charge in [0.05, 0.1) is 12.8 Å². The van der Waals surface area contributed by atoms with Crippen molar-refractivity contribution in [1.29, 1.82) is 0 Å². The van der Waals surface area contributed by atoms with Crippen molar-refractivity contribution in [3.8, 4) is 11.3 Å². The minimum Gasteiger partial charge on any atom is -0.324 e. The average molecular weight is 347 g/mol. The third-order valence-corrected chi connectivity index (χ3v) is 4.61. The molecular formula is C15H18N6O2S. The molecule has 0 spiro atoms. The molecule has 3 rings (SSSR count). The fraction of sp³-hybridized carbons (Fsp3) is 0.200. The second-order valence-electron chi connectivity index (χ2n) is 5.15. The summed E-state index contributed by atoms with van der Waals surface area (Å²) in [6.07, 6.45) is 1.79. The van der Waals surface area contributed by atoms with Gasteiger partial charge in [-0.05, 0) is 19.1 Å². The highest BCUT2D eigenvalue weighted by Gasteiger charge is 2.08. The summed E-state index contributed by atoms with van der Waals surface area (Å²) in [6, 6.07) is 8.70. The maximum atomic E-state index is 11.6. The van der Waals surface area contributed by atoms with Crippen LogP contribution in [0.5, 0.6) is 0 Å². The highest BCUT2D eigenvalue weighted by Crippen LogP contribution is 2.23. The van der Waals surface area contributed by atoms with Gasteiger partial charge in [0.1, 0.15) is 5.82 Å². The Bertz CT molecular complexity index is 978. The summed E-state index contributed by atoms with van der Waals surface area (Å²) in [4.78, 5) is 0. The molecular weight excluding hydrogens is 328 g/mol. The van der Waals surface area contributed by atoms with E-state index in [4.69, 9.17) is 1.37 Å². The number of benzene rings is 1. The first-order valence-corrected chi connectivity index (χ1v) is 8.96. The molecule has 0 amide bonds. The number of H-pyrrole nitrogens is 1. The summed E-state index contributed by atoms with van der Waals surface area (Å²) in [5.41, 5.74) is 1.64. The van der Waals surface area contributed by atoms with Crippen molar-refractivity contribution in [3.05, 3.63) is 42.6 Å². The molecule has 0 saturated carbocycles. The lowest BCUT2D eigenvalue weighted by Gasteiger charge is -2.06. The lowest BCUT2D eigenvalue weighted by Crippen LogP contribution is -2.14. The van der Waals surface area contributed by atoms with Gasteiger partial charge in [0.2, 0.25) is 10.0 Å². The Morgan fingerprint density at radius 2 is 2.04 bits per heavy atom. The van der Waals surface area contributed by atoms with Crippen molar-refractivity contribution < 1.29 is 9.79 Å². The van der Waals surface area contributed by atoms with Gasteiger partial charge in [0.25, 0.3) is 0 Å². The van der Waals surface area contributed by atoms with Crippen molar-refractivity contribution in [3.63, 3.8) is 0 Å². The van der Waals surface area contributed by atoms with E-state index in [-0.39, 0.29) is 11.8 Å². The van der Waals surface area contributed by atoms with Crippen LogP contribution in [0.3, 0.4) is 0 Å². The Hall–Kier alpha value is -2.81. The molecule has 9 heteroatoms. The average Bonchev–Trinajstić information content (AvgIpc) is 3.15. The molecule has 3 N–H and O–H groups in total. The quantitative estimate of drug-likeness (QED) is 0.635. The number of aryl methyl sites for hydroxylation is 1. The van der Waals surface area contributed by atoms with Crippen LogP contribution in [-0.2, 0) is 17.1 Å². The van der Waals surface area contributed by atoms with Crippen LogP contribution in [0.25, 0.3) is 11.3 Å². The molecule has 0 aliphatic rings. The van der Waals surface area contributed by atoms with Gasteiger partial charge in [0, 0.05) is 36.6 Å². The zero-order chi connectivity index (χ0) is 18.0. The normalized spacial score (nSPS) is 12.0. The molecule has 0 saturated heterocycles. The van der Waals surface area contributed by atoms with Crippen molar-refractivity contribution in [2.45, 2.75) is 6.92 Å². The maximum absolute atomic E-state index is 11.6. The molecule has 2 aromatic heterocycles. The minimum atomic E-state index is -3.31. The van der Waals surface area contributed by atoms with Gasteiger partial charge in [-0.2, -0.15) is 10.2 Å². The van der Waals surface area contributed by atoms with Crippen LogP contribution in [0.2, 0.25) is 0 Å². The molecule has 8 nitrogen and oxygen atoms in total. The van der Waals surface area contributed by atoms with Crippen LogP contribution in [0.1, 0.15) is 8.29 Å². The van der Waals surface area contributed by atoms with Gasteiger partial charge in [-0.3, -0.25) is 14.5 Å². The predicted octanol–water partition coefficient (Wildman–Crippen LogP) is 2.32. The first-order chi connectivity index (χ1) is 11.9. The lowest BCUT2D eigenvalue weighted by atomic mass is 10.1. The molecule has 0 radical (unpaired) electrons. The zero-order valence-electron chi connectivity index (χ0n) is 14.2. The summed E-state index contributed by atoms with van der Waals surface area (Å²) in [5, 5.41) is 14.1. The van der Waals surface area contributed by atoms with E-state index in [1.807, 2.05) is 0 Å². The minimum absolute atomic E-state index is 0.00748. The van der Waals surface area contributed by atoms with Gasteiger partial charge in [-0.15, -0.1) is 0 Å². The van der Waals surface area contributed by atoms with E-state index in [2.05, 4.69) is 25.3 Å². The molecule has 2 heterocycles. The van der Waals surface area contributed by atoms with Gasteiger partial charge in [-0.25, -0.2) is 8.42 Å². The summed E-state index contributed by atoms with van der Waals surface area (Å²) in [6.45, 7) is 1.57. The maximum Gasteiger partial charge on any atom is 0.232 e. The summed E-state index contributed by atoms with van der Waals surface area (Å²) >= 11 is 0. The van der Waals surface area contributed by atoms with Crippen LogP contribution in [0.15, 0.2) is 42.6 Å². The van der Waals surface area contributed by atoms with E-state index >= 15 is 0 Å². The van der Waals surface area contributed by atoms with E-state index < -0.39 is 10.0 Å². The van der Waals surface area contributed by atoms with Gasteiger partial charge in [0.15, 0.2) is 5.82 Å². The van der Waals surface area contributed by atoms with Crippen LogP contribution >= 0.6 is 0 Å². The van der Waals surface area contributed by atoms with Gasteiger partial charge >= 0.3 is 0 Å². The molecule has 126 valence electrons. The predicted molar refractivity (Wildman–Crippen MR) is 93.6 cm³/mol. The number of hydrogen-bond donors (Lipinski definition) is 3. The Kier molecular flexibility index (Phi) is 3.91. The Morgan fingerprint density at radius 1 is 1.29 bits per heavy atom. The highest BCUT2D eigenvalue weighted by molar-refractivity contribution is 7.92. The fourth-order valence-electron chi connectivity index (χ4n) is 2.04. The monoisotopic (exact) mass is 347 g/mol. The third-order valence-electron chi connectivity index (χ3n) is 3.30. The van der Waals surface area contributed by atoms with Crippen LogP contribution in [0, 0.1) is 0 Å². The molecule has 1 aromatic carbocycles. The number of nitrogens with zero attached hydrogens (tertiary/aromatic N) is 3. The largest absolute Gasteiger partial charge is 0.324 e. The smallest absolute Gasteiger partial charge is 0.232 e. The lowest BCUT2D eigenvalue weighted by molar-refractivity contribution is 0.602. The zero-order valence-corrected chi connectivity index (χ0v) is 14.1. The van der Waals surface area contributed by atoms with Crippen molar-refractivity contribution in [2.75, 3.05) is 15.8 Å². The number of anilines is 3. The van der Waals surface area contributed by atoms with Crippen molar-refractivity contribution >= 4 is 27.3 Å². The standard InChI is InChI=1S/C15H18N6O2S/c1-3-24(22,23)20-12-6-4-11(5-7-12)13-10-15(18-17-13)16-14-8-9-21(2)19-14/h4-10,20H,3H2,1-2H3,(H2,16,17,18,19)/i10D. The highest BCUT2D eigenvalue weighted by atomic mass is 32.2. The molecule has 0 bridgehead atoms. The van der Waals surface area contributed by atoms with E-state index in [0.717, 1.165) is 0 Å².